The second-order valence-corrected chi connectivity index (χ2v) is 6.88. The van der Waals surface area contributed by atoms with E-state index in [1.807, 2.05) is 0 Å². The minimum absolute atomic E-state index is 0.145. The van der Waals surface area contributed by atoms with Crippen molar-refractivity contribution in [2.24, 2.45) is 11.8 Å². The Hall–Kier alpha value is -2.64. The van der Waals surface area contributed by atoms with E-state index < -0.39 is 36.0 Å². The number of ketones is 1. The number of esters is 1. The molecule has 3 atom stereocenters. The molecule has 2 fully saturated rings. The number of likely N-dealkylation sites (tertiary alicyclic amines) is 1. The Kier molecular flexibility index (Phi) is 5.34. The van der Waals surface area contributed by atoms with Crippen LogP contribution in [0.5, 0.6) is 0 Å². The van der Waals surface area contributed by atoms with E-state index in [9.17, 15) is 28.0 Å². The topological polar surface area (TPSA) is 80.8 Å². The van der Waals surface area contributed by atoms with E-state index in [2.05, 4.69) is 0 Å². The van der Waals surface area contributed by atoms with Crippen molar-refractivity contribution in [1.82, 2.24) is 4.90 Å². The zero-order valence-electron chi connectivity index (χ0n) is 14.7. The minimum Gasteiger partial charge on any atom is -0.456 e. The number of ether oxygens (including phenoxy) is 1. The van der Waals surface area contributed by atoms with Gasteiger partial charge in [0.15, 0.2) is 24.0 Å². The van der Waals surface area contributed by atoms with Gasteiger partial charge in [0, 0.05) is 5.56 Å². The van der Waals surface area contributed by atoms with E-state index in [0.29, 0.717) is 18.9 Å². The maximum absolute atomic E-state index is 13.2. The van der Waals surface area contributed by atoms with Crippen molar-refractivity contribution >= 4 is 23.6 Å². The number of amides is 2. The van der Waals surface area contributed by atoms with Gasteiger partial charge in [-0.3, -0.25) is 19.3 Å². The molecule has 27 heavy (non-hydrogen) atoms. The molecule has 0 spiro atoms. The van der Waals surface area contributed by atoms with Crippen molar-refractivity contribution in [3.63, 3.8) is 0 Å². The average molecular weight is 379 g/mol. The SMILES string of the molecule is C[C@@H](C(=O)OCC(=O)c1ccc(F)c(F)c1)N1C(=O)[C@H]2CCCC[C@@H]2C1=O. The first-order valence-electron chi connectivity index (χ1n) is 8.83. The number of benzene rings is 1. The van der Waals surface area contributed by atoms with Crippen LogP contribution in [0.15, 0.2) is 18.2 Å². The Balaban J connectivity index is 1.62. The number of fused-ring (bicyclic) bond motifs is 1. The van der Waals surface area contributed by atoms with Crippen LogP contribution >= 0.6 is 0 Å². The highest BCUT2D eigenvalue weighted by atomic mass is 19.2. The lowest BCUT2D eigenvalue weighted by atomic mass is 9.81. The van der Waals surface area contributed by atoms with Crippen LogP contribution in [0.3, 0.4) is 0 Å². The summed E-state index contributed by atoms with van der Waals surface area (Å²) in [6.45, 7) is 0.675. The molecule has 0 bridgehead atoms. The third-order valence-electron chi connectivity index (χ3n) is 5.19. The highest BCUT2D eigenvalue weighted by Gasteiger charge is 2.51. The molecular formula is C19H19F2NO5. The Labute approximate surface area is 154 Å². The van der Waals surface area contributed by atoms with Crippen molar-refractivity contribution in [2.45, 2.75) is 38.6 Å². The number of carbonyl (C=O) groups is 4. The molecule has 1 saturated carbocycles. The van der Waals surface area contributed by atoms with Gasteiger partial charge in [0.25, 0.3) is 0 Å². The van der Waals surface area contributed by atoms with E-state index >= 15 is 0 Å². The molecule has 0 unspecified atom stereocenters. The molecule has 0 N–H and O–H groups in total. The lowest BCUT2D eigenvalue weighted by molar-refractivity contribution is -0.157. The standard InChI is InChI=1S/C19H19F2NO5/c1-10(22-17(24)12-4-2-3-5-13(12)18(22)25)19(26)27-9-16(23)11-6-7-14(20)15(21)8-11/h6-8,10,12-13H,2-5,9H2,1H3/t10-,12-,13-/m0/s1. The number of nitrogens with zero attached hydrogens (tertiary/aromatic N) is 1. The molecule has 1 saturated heterocycles. The van der Waals surface area contributed by atoms with Gasteiger partial charge in [-0.15, -0.1) is 0 Å². The zero-order chi connectivity index (χ0) is 19.7. The van der Waals surface area contributed by atoms with Gasteiger partial charge in [-0.25, -0.2) is 13.6 Å². The van der Waals surface area contributed by atoms with Crippen molar-refractivity contribution < 1.29 is 32.7 Å². The normalized spacial score (nSPS) is 23.1. The third-order valence-corrected chi connectivity index (χ3v) is 5.19. The van der Waals surface area contributed by atoms with Gasteiger partial charge < -0.3 is 4.74 Å². The summed E-state index contributed by atoms with van der Waals surface area (Å²) in [5.41, 5.74) is -0.145. The molecule has 1 aliphatic carbocycles. The van der Waals surface area contributed by atoms with Crippen LogP contribution in [0.4, 0.5) is 8.78 Å². The summed E-state index contributed by atoms with van der Waals surface area (Å²) >= 11 is 0. The summed E-state index contributed by atoms with van der Waals surface area (Å²) in [7, 11) is 0. The molecule has 6 nitrogen and oxygen atoms in total. The molecule has 1 aliphatic heterocycles. The van der Waals surface area contributed by atoms with E-state index in [1.165, 1.54) is 6.92 Å². The molecule has 1 aromatic rings. The fourth-order valence-electron chi connectivity index (χ4n) is 3.69. The molecular weight excluding hydrogens is 360 g/mol. The molecule has 0 radical (unpaired) electrons. The number of Topliss-reactive ketones (excluding diaryl/α,β-unsaturated/α-hetero) is 1. The highest BCUT2D eigenvalue weighted by Crippen LogP contribution is 2.38. The minimum atomic E-state index is -1.18. The van der Waals surface area contributed by atoms with Gasteiger partial charge in [-0.05, 0) is 38.0 Å². The Bertz CT molecular complexity index is 785. The van der Waals surface area contributed by atoms with Crippen LogP contribution < -0.4 is 0 Å². The first-order chi connectivity index (χ1) is 12.8. The van der Waals surface area contributed by atoms with Crippen LogP contribution in [0, 0.1) is 23.5 Å². The molecule has 1 heterocycles. The molecule has 2 amide bonds. The van der Waals surface area contributed by atoms with Gasteiger partial charge in [-0.1, -0.05) is 12.8 Å². The van der Waals surface area contributed by atoms with Crippen LogP contribution in [-0.2, 0) is 19.1 Å². The monoisotopic (exact) mass is 379 g/mol. The van der Waals surface area contributed by atoms with Crippen molar-refractivity contribution in [3.05, 3.63) is 35.4 Å². The van der Waals surface area contributed by atoms with Gasteiger partial charge in [-0.2, -0.15) is 0 Å². The second-order valence-electron chi connectivity index (χ2n) is 6.88. The van der Waals surface area contributed by atoms with Crippen LogP contribution in [0.2, 0.25) is 0 Å². The van der Waals surface area contributed by atoms with Crippen molar-refractivity contribution in [2.75, 3.05) is 6.61 Å². The van der Waals surface area contributed by atoms with Crippen molar-refractivity contribution in [1.29, 1.82) is 0 Å². The van der Waals surface area contributed by atoms with Gasteiger partial charge in [0.05, 0.1) is 11.8 Å². The predicted octanol–water partition coefficient (Wildman–Crippen LogP) is 2.25. The number of hydrogen-bond acceptors (Lipinski definition) is 5. The number of hydrogen-bond donors (Lipinski definition) is 0. The number of imide groups is 1. The van der Waals surface area contributed by atoms with Gasteiger partial charge in [0.1, 0.15) is 6.04 Å². The summed E-state index contributed by atoms with van der Waals surface area (Å²) in [5.74, 6) is -5.41. The molecule has 1 aromatic carbocycles. The van der Waals surface area contributed by atoms with Crippen LogP contribution in [0.1, 0.15) is 43.0 Å². The maximum Gasteiger partial charge on any atom is 0.329 e. The fourth-order valence-corrected chi connectivity index (χ4v) is 3.69. The fraction of sp³-hybridized carbons (Fsp3) is 0.474. The van der Waals surface area contributed by atoms with E-state index in [4.69, 9.17) is 4.74 Å². The highest BCUT2D eigenvalue weighted by molar-refractivity contribution is 6.08. The first kappa shape index (κ1) is 19.1. The number of rotatable bonds is 5. The zero-order valence-corrected chi connectivity index (χ0v) is 14.7. The van der Waals surface area contributed by atoms with E-state index in [-0.39, 0.29) is 29.2 Å². The Morgan fingerprint density at radius 1 is 1.11 bits per heavy atom. The molecule has 144 valence electrons. The third kappa shape index (κ3) is 3.61. The summed E-state index contributed by atoms with van der Waals surface area (Å²) in [4.78, 5) is 50.1. The lowest BCUT2D eigenvalue weighted by Crippen LogP contribution is -2.44. The number of halogens is 2. The molecule has 2 aliphatic rings. The molecule has 8 heteroatoms. The maximum atomic E-state index is 13.2. The Morgan fingerprint density at radius 3 is 2.26 bits per heavy atom. The molecule has 0 aromatic heterocycles. The average Bonchev–Trinajstić information content (AvgIpc) is 2.92. The quantitative estimate of drug-likeness (QED) is 0.445. The van der Waals surface area contributed by atoms with Crippen LogP contribution in [0.25, 0.3) is 0 Å². The number of carbonyl (C=O) groups excluding carboxylic acids is 4. The molecule has 3 rings (SSSR count). The van der Waals surface area contributed by atoms with Crippen LogP contribution in [-0.4, -0.2) is 41.1 Å². The second kappa shape index (κ2) is 7.54. The smallest absolute Gasteiger partial charge is 0.329 e. The lowest BCUT2D eigenvalue weighted by Gasteiger charge is -2.21. The largest absolute Gasteiger partial charge is 0.456 e. The van der Waals surface area contributed by atoms with Gasteiger partial charge in [0.2, 0.25) is 11.8 Å². The summed E-state index contributed by atoms with van der Waals surface area (Å²) in [6.07, 6.45) is 3.00. The summed E-state index contributed by atoms with van der Waals surface area (Å²) in [5, 5.41) is 0. The van der Waals surface area contributed by atoms with Gasteiger partial charge >= 0.3 is 5.97 Å². The summed E-state index contributed by atoms with van der Waals surface area (Å²) < 4.78 is 31.0. The first-order valence-corrected chi connectivity index (χ1v) is 8.83. The van der Waals surface area contributed by atoms with E-state index in [1.54, 1.807) is 0 Å². The Morgan fingerprint density at radius 2 is 1.70 bits per heavy atom. The van der Waals surface area contributed by atoms with Crippen molar-refractivity contribution in [3.8, 4) is 0 Å². The predicted molar refractivity (Wildman–Crippen MR) is 88.4 cm³/mol. The van der Waals surface area contributed by atoms with E-state index in [0.717, 1.165) is 29.9 Å². The summed E-state index contributed by atoms with van der Waals surface area (Å²) in [6, 6.07) is 1.45.